The number of nitrogens with zero attached hydrogens (tertiary/aromatic N) is 1. The third-order valence-corrected chi connectivity index (χ3v) is 7.33. The molecule has 1 aromatic carbocycles. The maximum Gasteiger partial charge on any atom is 0.292 e. The number of thiophene rings is 1. The van der Waals surface area contributed by atoms with Gasteiger partial charge in [-0.15, -0.1) is 11.3 Å². The van der Waals surface area contributed by atoms with Gasteiger partial charge in [0.2, 0.25) is 17.6 Å². The van der Waals surface area contributed by atoms with E-state index in [0.717, 1.165) is 16.0 Å². The first-order valence-corrected chi connectivity index (χ1v) is 12.1. The largest absolute Gasteiger partial charge is 0.349 e. The fourth-order valence-corrected chi connectivity index (χ4v) is 5.28. The van der Waals surface area contributed by atoms with E-state index in [9.17, 15) is 24.0 Å². The van der Waals surface area contributed by atoms with Crippen molar-refractivity contribution in [3.8, 4) is 0 Å². The van der Waals surface area contributed by atoms with Gasteiger partial charge in [0.15, 0.2) is 0 Å². The molecule has 2 N–H and O–H groups in total. The quantitative estimate of drug-likeness (QED) is 0.374. The Morgan fingerprint density at radius 2 is 1.85 bits per heavy atom. The van der Waals surface area contributed by atoms with Crippen LogP contribution in [-0.2, 0) is 32.8 Å². The molecule has 34 heavy (non-hydrogen) atoms. The molecule has 4 rings (SSSR count). The Balaban J connectivity index is 1.34. The van der Waals surface area contributed by atoms with Crippen LogP contribution in [0.4, 0.5) is 0 Å². The highest BCUT2D eigenvalue weighted by molar-refractivity contribution is 7.10. The average Bonchev–Trinajstić information content (AvgIpc) is 3.33. The second kappa shape index (κ2) is 9.13. The minimum Gasteiger partial charge on any atom is -0.349 e. The molecule has 1 aromatic heterocycles. The highest BCUT2D eigenvalue weighted by atomic mass is 32.1. The summed E-state index contributed by atoms with van der Waals surface area (Å²) in [7, 11) is 0. The monoisotopic (exact) mass is 481 g/mol. The molecule has 1 saturated heterocycles. The van der Waals surface area contributed by atoms with E-state index < -0.39 is 23.6 Å². The second-order valence-electron chi connectivity index (χ2n) is 9.61. The molecule has 0 radical (unpaired) electrons. The summed E-state index contributed by atoms with van der Waals surface area (Å²) in [5, 5.41) is 6.73. The van der Waals surface area contributed by atoms with Crippen molar-refractivity contribution < 1.29 is 24.0 Å². The summed E-state index contributed by atoms with van der Waals surface area (Å²) in [5.41, 5.74) is 2.79. The molecule has 9 heteroatoms. The van der Waals surface area contributed by atoms with E-state index in [1.165, 1.54) is 16.2 Å². The number of benzene rings is 1. The predicted octanol–water partition coefficient (Wildman–Crippen LogP) is 2.35. The zero-order valence-corrected chi connectivity index (χ0v) is 20.2. The van der Waals surface area contributed by atoms with Crippen LogP contribution in [0.1, 0.15) is 70.3 Å². The smallest absolute Gasteiger partial charge is 0.292 e. The predicted molar refractivity (Wildman–Crippen MR) is 127 cm³/mol. The summed E-state index contributed by atoms with van der Waals surface area (Å²) >= 11 is 1.43. The molecule has 178 valence electrons. The van der Waals surface area contributed by atoms with Gasteiger partial charge in [-0.05, 0) is 29.4 Å². The van der Waals surface area contributed by atoms with Crippen LogP contribution in [0.5, 0.6) is 0 Å². The molecule has 1 unspecified atom stereocenters. The lowest BCUT2D eigenvalue weighted by Crippen LogP contribution is -2.52. The number of carbonyl (C=O) groups excluding carboxylic acids is 5. The number of fused-ring (bicyclic) bond motifs is 1. The van der Waals surface area contributed by atoms with Crippen molar-refractivity contribution in [2.75, 3.05) is 6.54 Å². The first-order valence-electron chi connectivity index (χ1n) is 11.2. The van der Waals surface area contributed by atoms with Crippen LogP contribution in [0.3, 0.4) is 0 Å². The van der Waals surface area contributed by atoms with Crippen LogP contribution >= 0.6 is 11.3 Å². The fraction of sp³-hybridized carbons (Fsp3) is 0.400. The van der Waals surface area contributed by atoms with Crippen molar-refractivity contribution in [3.05, 3.63) is 56.8 Å². The third-order valence-electron chi connectivity index (χ3n) is 6.24. The summed E-state index contributed by atoms with van der Waals surface area (Å²) < 4.78 is 0. The van der Waals surface area contributed by atoms with E-state index >= 15 is 0 Å². The van der Waals surface area contributed by atoms with Gasteiger partial charge in [-0.25, -0.2) is 0 Å². The van der Waals surface area contributed by atoms with Gasteiger partial charge in [-0.3, -0.25) is 29.3 Å². The fourth-order valence-electron chi connectivity index (χ4n) is 4.24. The summed E-state index contributed by atoms with van der Waals surface area (Å²) in [6.45, 7) is 6.79. The van der Waals surface area contributed by atoms with Crippen LogP contribution < -0.4 is 10.6 Å². The molecule has 8 nitrogen and oxygen atoms in total. The van der Waals surface area contributed by atoms with Gasteiger partial charge in [0, 0.05) is 35.3 Å². The summed E-state index contributed by atoms with van der Waals surface area (Å²) in [4.78, 5) is 63.7. The topological polar surface area (TPSA) is 113 Å². The van der Waals surface area contributed by atoms with Gasteiger partial charge in [0.05, 0.1) is 5.56 Å². The van der Waals surface area contributed by atoms with Crippen molar-refractivity contribution in [1.29, 1.82) is 0 Å². The Hall–Kier alpha value is -3.33. The number of imide groups is 1. The number of amides is 4. The lowest BCUT2D eigenvalue weighted by Gasteiger charge is -2.29. The standard InChI is InChI=1S/C25H27N3O5S/c1-25(2,3)15-6-4-14(5-7-15)21(30)23(32)26-11-10-19-16-12-28(24(33)17(16)13-34-19)18-8-9-20(29)27-22(18)31/h4-7,13,18H,8-12H2,1-3H3,(H,26,32)(H,27,29,31). The first-order chi connectivity index (χ1) is 16.1. The van der Waals surface area contributed by atoms with E-state index in [0.29, 0.717) is 30.5 Å². The summed E-state index contributed by atoms with van der Waals surface area (Å²) in [5.74, 6) is -2.24. The summed E-state index contributed by atoms with van der Waals surface area (Å²) in [6, 6.07) is 6.41. The molecule has 3 heterocycles. The molecule has 4 amide bonds. The number of ketones is 1. The number of carbonyl (C=O) groups is 5. The molecular formula is C25H27N3O5S. The van der Waals surface area contributed by atoms with Crippen LogP contribution in [-0.4, -0.2) is 46.9 Å². The highest BCUT2D eigenvalue weighted by Gasteiger charge is 2.40. The zero-order chi connectivity index (χ0) is 24.6. The highest BCUT2D eigenvalue weighted by Crippen LogP contribution is 2.34. The number of Topliss-reactive ketones (excluding diaryl/α,β-unsaturated/α-hetero) is 1. The van der Waals surface area contributed by atoms with Crippen molar-refractivity contribution >= 4 is 40.7 Å². The molecule has 2 aromatic rings. The van der Waals surface area contributed by atoms with Crippen LogP contribution in [0.15, 0.2) is 29.6 Å². The third kappa shape index (κ3) is 4.65. The van der Waals surface area contributed by atoms with Gasteiger partial charge in [-0.1, -0.05) is 45.0 Å². The average molecular weight is 482 g/mol. The van der Waals surface area contributed by atoms with Gasteiger partial charge in [0.25, 0.3) is 11.8 Å². The van der Waals surface area contributed by atoms with Gasteiger partial charge in [-0.2, -0.15) is 0 Å². The molecular weight excluding hydrogens is 454 g/mol. The summed E-state index contributed by atoms with van der Waals surface area (Å²) in [6.07, 6.45) is 0.992. The van der Waals surface area contributed by atoms with E-state index in [-0.39, 0.29) is 30.2 Å². The van der Waals surface area contributed by atoms with Crippen LogP contribution in [0, 0.1) is 0 Å². The van der Waals surface area contributed by atoms with E-state index in [1.807, 2.05) is 12.1 Å². The maximum absolute atomic E-state index is 12.8. The molecule has 0 aliphatic carbocycles. The minimum atomic E-state index is -0.669. The van der Waals surface area contributed by atoms with E-state index in [4.69, 9.17) is 0 Å². The SMILES string of the molecule is CC(C)(C)c1ccc(C(=O)C(=O)NCCc2scc3c2CN(C2CCC(=O)NC2=O)C3=O)cc1. The molecule has 1 atom stereocenters. The van der Waals surface area contributed by atoms with E-state index in [2.05, 4.69) is 31.4 Å². The number of nitrogens with one attached hydrogen (secondary N) is 2. The minimum absolute atomic E-state index is 0.0417. The molecule has 2 aliphatic heterocycles. The lowest BCUT2D eigenvalue weighted by molar-refractivity contribution is -0.137. The lowest BCUT2D eigenvalue weighted by atomic mass is 9.86. The van der Waals surface area contributed by atoms with Crippen molar-refractivity contribution in [1.82, 2.24) is 15.5 Å². The second-order valence-corrected chi connectivity index (χ2v) is 10.6. The Morgan fingerprint density at radius 1 is 1.15 bits per heavy atom. The molecule has 0 spiro atoms. The van der Waals surface area contributed by atoms with Gasteiger partial charge in [0.1, 0.15) is 6.04 Å². The van der Waals surface area contributed by atoms with Crippen molar-refractivity contribution in [2.45, 2.75) is 58.0 Å². The number of piperidine rings is 1. The van der Waals surface area contributed by atoms with Crippen LogP contribution in [0.25, 0.3) is 0 Å². The zero-order valence-electron chi connectivity index (χ0n) is 19.4. The molecule has 0 bridgehead atoms. The normalized spacial score (nSPS) is 18.0. The Bertz CT molecular complexity index is 1180. The molecule has 0 saturated carbocycles. The first kappa shape index (κ1) is 23.8. The van der Waals surface area contributed by atoms with Gasteiger partial charge < -0.3 is 10.2 Å². The number of hydrogen-bond donors (Lipinski definition) is 2. The van der Waals surface area contributed by atoms with Crippen molar-refractivity contribution in [2.24, 2.45) is 0 Å². The number of hydrogen-bond acceptors (Lipinski definition) is 6. The molecule has 2 aliphatic rings. The van der Waals surface area contributed by atoms with Gasteiger partial charge >= 0.3 is 0 Å². The Labute approximate surface area is 201 Å². The van der Waals surface area contributed by atoms with E-state index in [1.54, 1.807) is 17.5 Å². The van der Waals surface area contributed by atoms with Crippen LogP contribution in [0.2, 0.25) is 0 Å². The Morgan fingerprint density at radius 3 is 2.50 bits per heavy atom. The number of rotatable bonds is 6. The maximum atomic E-state index is 12.8. The molecule has 1 fully saturated rings. The van der Waals surface area contributed by atoms with Crippen molar-refractivity contribution in [3.63, 3.8) is 0 Å². The Kier molecular flexibility index (Phi) is 6.40.